The molecule has 3 aromatic carbocycles. The van der Waals surface area contributed by atoms with E-state index in [-0.39, 0.29) is 22.6 Å². The van der Waals surface area contributed by atoms with E-state index in [1.807, 2.05) is 0 Å². The summed E-state index contributed by atoms with van der Waals surface area (Å²) in [6.45, 7) is -1.83. The summed E-state index contributed by atoms with van der Waals surface area (Å²) in [6.07, 6.45) is -16.9. The van der Waals surface area contributed by atoms with Gasteiger partial charge in [-0.25, -0.2) is 4.79 Å². The molecule has 2 aliphatic heterocycles. The van der Waals surface area contributed by atoms with Crippen molar-refractivity contribution in [3.63, 3.8) is 0 Å². The number of benzene rings is 3. The SMILES string of the molecule is COc1ccc(C=CC(=O)O[C@@H]2[C@@H](O[C@@H]3[C@@H](Oc4c(-c5ccc(O)c(O)c5)oc5cc(O)cc(O)c5c4=O)O[C@@H](CO)[C@H](O)[C@H]3O)O[C@@H](CO)[C@H](O)[C@H]2O)cc1O. The molecule has 0 unspecified atom stereocenters. The van der Waals surface area contributed by atoms with Gasteiger partial charge in [-0.3, -0.25) is 4.79 Å². The first-order chi connectivity index (χ1) is 27.1. The Labute approximate surface area is 320 Å². The normalized spacial score (nSPS) is 27.7. The lowest BCUT2D eigenvalue weighted by Crippen LogP contribution is -2.65. The summed E-state index contributed by atoms with van der Waals surface area (Å²) in [5, 5.41) is 114. The van der Waals surface area contributed by atoms with Crippen LogP contribution in [0.25, 0.3) is 28.4 Å². The first-order valence-corrected chi connectivity index (χ1v) is 17.0. The highest BCUT2D eigenvalue weighted by atomic mass is 16.8. The molecule has 4 aromatic rings. The summed E-state index contributed by atoms with van der Waals surface area (Å²) in [5.74, 6) is -4.99. The van der Waals surface area contributed by atoms with E-state index in [4.69, 9.17) is 32.8 Å². The minimum atomic E-state index is -2.08. The molecule has 306 valence electrons. The average molecular weight is 803 g/mol. The molecule has 6 rings (SSSR count). The van der Waals surface area contributed by atoms with Gasteiger partial charge in [0.15, 0.2) is 47.3 Å². The largest absolute Gasteiger partial charge is 0.508 e. The maximum absolute atomic E-state index is 14.0. The summed E-state index contributed by atoms with van der Waals surface area (Å²) in [4.78, 5) is 27.0. The van der Waals surface area contributed by atoms with Crippen molar-refractivity contribution in [1.82, 2.24) is 0 Å². The zero-order valence-corrected chi connectivity index (χ0v) is 29.6. The van der Waals surface area contributed by atoms with Crippen molar-refractivity contribution in [3.8, 4) is 51.6 Å². The van der Waals surface area contributed by atoms with Crippen molar-refractivity contribution in [2.24, 2.45) is 0 Å². The second kappa shape index (κ2) is 16.8. The number of carbonyl (C=O) groups excluding carboxylic acids is 1. The smallest absolute Gasteiger partial charge is 0.331 e. The predicted octanol–water partition coefficient (Wildman–Crippen LogP) is -0.736. The molecule has 0 aliphatic carbocycles. The Bertz CT molecular complexity index is 2180. The van der Waals surface area contributed by atoms with E-state index < -0.39 is 126 Å². The number of hydrogen-bond donors (Lipinski definition) is 11. The van der Waals surface area contributed by atoms with E-state index in [0.717, 1.165) is 30.3 Å². The molecular weight excluding hydrogens is 764 g/mol. The van der Waals surface area contributed by atoms with Gasteiger partial charge in [-0.15, -0.1) is 0 Å². The third kappa shape index (κ3) is 8.25. The van der Waals surface area contributed by atoms with Gasteiger partial charge < -0.3 is 89.0 Å². The van der Waals surface area contributed by atoms with E-state index >= 15 is 0 Å². The van der Waals surface area contributed by atoms with Crippen molar-refractivity contribution < 1.29 is 93.8 Å². The topological polar surface area (TPSA) is 325 Å². The van der Waals surface area contributed by atoms with Gasteiger partial charge in [0.05, 0.1) is 20.3 Å². The maximum atomic E-state index is 14.0. The van der Waals surface area contributed by atoms with Crippen molar-refractivity contribution >= 4 is 23.0 Å². The summed E-state index contributed by atoms with van der Waals surface area (Å²) in [5.41, 5.74) is -1.28. The monoisotopic (exact) mass is 802 g/mol. The van der Waals surface area contributed by atoms with Crippen LogP contribution in [-0.2, 0) is 23.7 Å². The van der Waals surface area contributed by atoms with Crippen molar-refractivity contribution in [2.45, 2.75) is 61.4 Å². The molecule has 57 heavy (non-hydrogen) atoms. The number of ether oxygens (including phenoxy) is 6. The molecule has 2 aliphatic rings. The fourth-order valence-electron chi connectivity index (χ4n) is 6.24. The Morgan fingerprint density at radius 3 is 2.05 bits per heavy atom. The predicted molar refractivity (Wildman–Crippen MR) is 189 cm³/mol. The molecule has 0 radical (unpaired) electrons. The molecule has 11 N–H and O–H groups in total. The number of phenolic OH excluding ortho intramolecular Hbond substituents is 5. The van der Waals surface area contributed by atoms with Gasteiger partial charge in [-0.1, -0.05) is 6.07 Å². The number of hydrogen-bond acceptors (Lipinski definition) is 20. The lowest BCUT2D eigenvalue weighted by molar-refractivity contribution is -0.358. The molecule has 2 saturated heterocycles. The number of fused-ring (bicyclic) bond motifs is 1. The second-order valence-corrected chi connectivity index (χ2v) is 12.9. The fraction of sp³-hybridized carbons (Fsp3) is 0.351. The second-order valence-electron chi connectivity index (χ2n) is 12.9. The number of aromatic hydroxyl groups is 5. The number of rotatable bonds is 11. The van der Waals surface area contributed by atoms with E-state index in [9.17, 15) is 65.8 Å². The Balaban J connectivity index is 1.38. The lowest BCUT2D eigenvalue weighted by Gasteiger charge is -2.46. The van der Waals surface area contributed by atoms with Gasteiger partial charge in [0, 0.05) is 23.8 Å². The minimum Gasteiger partial charge on any atom is -0.508 e. The standard InChI is InChI=1S/C37H38O20/c1-51-21-6-2-14(8-19(21)43)3-7-25(45)55-34-30(49)27(46)23(12-38)53-36(34)57-35-31(50)28(47)24(13-39)54-37(35)56-33-29(48)26-20(44)10-16(40)11-22(26)52-32(33)15-4-5-17(41)18(42)9-15/h2-11,23-24,27-28,30-31,34-44,46-47,49-50H,12-13H2,1H3/t23-,24-,27-,28-,30+,31+,34-,35-,36+,37+/m0/s1. The highest BCUT2D eigenvalue weighted by molar-refractivity contribution is 5.89. The number of esters is 1. The average Bonchev–Trinajstić information content (AvgIpc) is 3.17. The molecular formula is C37H38O20. The summed E-state index contributed by atoms with van der Waals surface area (Å²) in [6, 6.07) is 9.22. The van der Waals surface area contributed by atoms with Gasteiger partial charge in [-0.05, 0) is 42.0 Å². The molecule has 10 atom stereocenters. The van der Waals surface area contributed by atoms with Crippen LogP contribution in [0.4, 0.5) is 0 Å². The van der Waals surface area contributed by atoms with Gasteiger partial charge >= 0.3 is 5.97 Å². The van der Waals surface area contributed by atoms with Crippen LogP contribution in [-0.4, -0.2) is 144 Å². The van der Waals surface area contributed by atoms with Gasteiger partial charge in [0.1, 0.15) is 59.1 Å². The molecule has 3 heterocycles. The highest BCUT2D eigenvalue weighted by Crippen LogP contribution is 2.40. The van der Waals surface area contributed by atoms with E-state index in [1.165, 1.54) is 37.5 Å². The molecule has 20 nitrogen and oxygen atoms in total. The molecule has 0 spiro atoms. The van der Waals surface area contributed by atoms with Crippen molar-refractivity contribution in [1.29, 1.82) is 0 Å². The van der Waals surface area contributed by atoms with Crippen LogP contribution >= 0.6 is 0 Å². The molecule has 20 heteroatoms. The Morgan fingerprint density at radius 2 is 1.42 bits per heavy atom. The van der Waals surface area contributed by atoms with E-state index in [1.54, 1.807) is 0 Å². The number of aliphatic hydroxyl groups is 6. The molecule has 0 amide bonds. The number of methoxy groups -OCH3 is 1. The van der Waals surface area contributed by atoms with Crippen LogP contribution in [0.1, 0.15) is 5.56 Å². The highest BCUT2D eigenvalue weighted by Gasteiger charge is 2.53. The molecule has 0 bridgehead atoms. The Kier molecular flexibility index (Phi) is 12.1. The van der Waals surface area contributed by atoms with Crippen LogP contribution in [0.2, 0.25) is 0 Å². The summed E-state index contributed by atoms with van der Waals surface area (Å²) >= 11 is 0. The van der Waals surface area contributed by atoms with Gasteiger partial charge in [0.2, 0.25) is 17.5 Å². The lowest BCUT2D eigenvalue weighted by atomic mass is 9.97. The Morgan fingerprint density at radius 1 is 0.754 bits per heavy atom. The van der Waals surface area contributed by atoms with Crippen LogP contribution in [0.5, 0.6) is 40.2 Å². The van der Waals surface area contributed by atoms with Crippen LogP contribution in [0.15, 0.2) is 63.8 Å². The number of phenols is 5. The number of aliphatic hydroxyl groups excluding tert-OH is 6. The number of carbonyl (C=O) groups is 1. The van der Waals surface area contributed by atoms with Crippen LogP contribution in [0, 0.1) is 0 Å². The summed E-state index contributed by atoms with van der Waals surface area (Å²) < 4.78 is 39.4. The van der Waals surface area contributed by atoms with Crippen LogP contribution in [0.3, 0.4) is 0 Å². The maximum Gasteiger partial charge on any atom is 0.331 e. The van der Waals surface area contributed by atoms with Gasteiger partial charge in [0.25, 0.3) is 0 Å². The summed E-state index contributed by atoms with van der Waals surface area (Å²) in [7, 11) is 1.34. The fourth-order valence-corrected chi connectivity index (χ4v) is 6.24. The minimum absolute atomic E-state index is 0.113. The van der Waals surface area contributed by atoms with Crippen LogP contribution < -0.4 is 14.9 Å². The van der Waals surface area contributed by atoms with Crippen molar-refractivity contribution in [2.75, 3.05) is 20.3 Å². The van der Waals surface area contributed by atoms with E-state index in [2.05, 4.69) is 0 Å². The molecule has 2 fully saturated rings. The Hall–Kier alpha value is -5.68. The molecule has 1 aromatic heterocycles. The first-order valence-electron chi connectivity index (χ1n) is 17.0. The zero-order chi connectivity index (χ0) is 41.3. The zero-order valence-electron chi connectivity index (χ0n) is 29.6. The third-order valence-electron chi connectivity index (χ3n) is 9.20. The van der Waals surface area contributed by atoms with Gasteiger partial charge in [-0.2, -0.15) is 0 Å². The third-order valence-corrected chi connectivity index (χ3v) is 9.20. The van der Waals surface area contributed by atoms with E-state index in [0.29, 0.717) is 5.56 Å². The first kappa shape index (κ1) is 41.0. The van der Waals surface area contributed by atoms with Crippen molar-refractivity contribution in [3.05, 3.63) is 70.4 Å². The quantitative estimate of drug-likeness (QED) is 0.0505. The molecule has 0 saturated carbocycles.